The molecule has 0 aromatic heterocycles. The first-order chi connectivity index (χ1) is 11.3. The molecule has 25 heavy (non-hydrogen) atoms. The van der Waals surface area contributed by atoms with E-state index in [1.54, 1.807) is 36.4 Å². The van der Waals surface area contributed by atoms with Crippen LogP contribution in [0.25, 0.3) is 0 Å². The SMILES string of the molecule is CC(C)(C)NC(=O)c1cccc(NC(=O)C(N)c2ccccc2)c1.Cl. The van der Waals surface area contributed by atoms with Crippen LogP contribution in [0.3, 0.4) is 0 Å². The predicted octanol–water partition coefficient (Wildman–Crippen LogP) is 3.28. The Kier molecular flexibility index (Phi) is 7.15. The molecule has 0 bridgehead atoms. The van der Waals surface area contributed by atoms with Gasteiger partial charge in [0, 0.05) is 16.8 Å². The van der Waals surface area contributed by atoms with Gasteiger partial charge in [-0.3, -0.25) is 9.59 Å². The second-order valence-electron chi connectivity index (χ2n) is 6.66. The van der Waals surface area contributed by atoms with Crippen LogP contribution in [0.2, 0.25) is 0 Å². The third-order valence-electron chi connectivity index (χ3n) is 3.32. The monoisotopic (exact) mass is 361 g/mol. The number of nitrogens with two attached hydrogens (primary N) is 1. The van der Waals surface area contributed by atoms with Gasteiger partial charge in [-0.1, -0.05) is 36.4 Å². The van der Waals surface area contributed by atoms with E-state index in [-0.39, 0.29) is 29.8 Å². The van der Waals surface area contributed by atoms with Gasteiger partial charge in [-0.05, 0) is 44.5 Å². The zero-order valence-electron chi connectivity index (χ0n) is 14.6. The Morgan fingerprint density at radius 3 is 2.24 bits per heavy atom. The van der Waals surface area contributed by atoms with Crippen LogP contribution in [0, 0.1) is 0 Å². The van der Waals surface area contributed by atoms with Crippen molar-refractivity contribution < 1.29 is 9.59 Å². The zero-order valence-corrected chi connectivity index (χ0v) is 15.4. The molecule has 134 valence electrons. The Morgan fingerprint density at radius 1 is 1.00 bits per heavy atom. The first kappa shape index (κ1) is 20.7. The lowest BCUT2D eigenvalue weighted by Crippen LogP contribution is -2.40. The van der Waals surface area contributed by atoms with Gasteiger partial charge in [0.15, 0.2) is 0 Å². The Hall–Kier alpha value is -2.37. The second-order valence-corrected chi connectivity index (χ2v) is 6.66. The van der Waals surface area contributed by atoms with Crippen LogP contribution in [-0.2, 0) is 4.79 Å². The van der Waals surface area contributed by atoms with E-state index in [9.17, 15) is 9.59 Å². The summed E-state index contributed by atoms with van der Waals surface area (Å²) in [5, 5.41) is 5.64. The van der Waals surface area contributed by atoms with Crippen molar-refractivity contribution in [2.24, 2.45) is 5.73 Å². The third-order valence-corrected chi connectivity index (χ3v) is 3.32. The Morgan fingerprint density at radius 2 is 1.64 bits per heavy atom. The Bertz CT molecular complexity index is 727. The van der Waals surface area contributed by atoms with Crippen LogP contribution in [0.15, 0.2) is 54.6 Å². The van der Waals surface area contributed by atoms with Crippen LogP contribution >= 0.6 is 12.4 Å². The second kappa shape index (κ2) is 8.65. The van der Waals surface area contributed by atoms with Crippen LogP contribution in [0.4, 0.5) is 5.69 Å². The van der Waals surface area contributed by atoms with Crippen LogP contribution in [0.1, 0.15) is 42.7 Å². The highest BCUT2D eigenvalue weighted by Crippen LogP contribution is 2.16. The van der Waals surface area contributed by atoms with E-state index in [1.807, 2.05) is 39.0 Å². The summed E-state index contributed by atoms with van der Waals surface area (Å²) in [4.78, 5) is 24.5. The van der Waals surface area contributed by atoms with Gasteiger partial charge >= 0.3 is 0 Å². The summed E-state index contributed by atoms with van der Waals surface area (Å²) in [5.41, 5.74) is 7.40. The van der Waals surface area contributed by atoms with E-state index < -0.39 is 6.04 Å². The molecule has 6 heteroatoms. The van der Waals surface area contributed by atoms with Gasteiger partial charge < -0.3 is 16.4 Å². The first-order valence-corrected chi connectivity index (χ1v) is 7.80. The topological polar surface area (TPSA) is 84.2 Å². The summed E-state index contributed by atoms with van der Waals surface area (Å²) in [6.45, 7) is 5.74. The summed E-state index contributed by atoms with van der Waals surface area (Å²) in [6, 6.07) is 15.2. The minimum atomic E-state index is -0.766. The molecule has 0 spiro atoms. The largest absolute Gasteiger partial charge is 0.347 e. The molecule has 2 amide bonds. The van der Waals surface area contributed by atoms with Gasteiger partial charge in [0.05, 0.1) is 0 Å². The van der Waals surface area contributed by atoms with E-state index in [0.717, 1.165) is 5.56 Å². The van der Waals surface area contributed by atoms with Crippen LogP contribution < -0.4 is 16.4 Å². The van der Waals surface area contributed by atoms with Crippen molar-refractivity contribution >= 4 is 29.9 Å². The van der Waals surface area contributed by atoms with Gasteiger partial charge in [-0.15, -0.1) is 12.4 Å². The van der Waals surface area contributed by atoms with E-state index in [2.05, 4.69) is 10.6 Å². The maximum atomic E-state index is 12.3. The molecule has 0 radical (unpaired) electrons. The standard InChI is InChI=1S/C19H23N3O2.ClH/c1-19(2,3)22-17(23)14-10-7-11-15(12-14)21-18(24)16(20)13-8-5-4-6-9-13;/h4-12,16H,20H2,1-3H3,(H,21,24)(H,22,23);1H. The molecule has 0 fully saturated rings. The Labute approximate surface area is 154 Å². The summed E-state index contributed by atoms with van der Waals surface area (Å²) < 4.78 is 0. The van der Waals surface area contributed by atoms with E-state index >= 15 is 0 Å². The lowest BCUT2D eigenvalue weighted by Gasteiger charge is -2.20. The fourth-order valence-corrected chi connectivity index (χ4v) is 2.18. The summed E-state index contributed by atoms with van der Waals surface area (Å²) in [7, 11) is 0. The van der Waals surface area contributed by atoms with Gasteiger partial charge in [0.1, 0.15) is 6.04 Å². The van der Waals surface area contributed by atoms with Crippen LogP contribution in [0.5, 0.6) is 0 Å². The molecule has 0 aliphatic rings. The molecule has 0 saturated heterocycles. The van der Waals surface area contributed by atoms with E-state index in [1.165, 1.54) is 0 Å². The van der Waals surface area contributed by atoms with Crippen molar-refractivity contribution in [3.63, 3.8) is 0 Å². The molecular formula is C19H24ClN3O2. The average molecular weight is 362 g/mol. The number of hydrogen-bond acceptors (Lipinski definition) is 3. The number of anilines is 1. The zero-order chi connectivity index (χ0) is 17.7. The predicted molar refractivity (Wildman–Crippen MR) is 103 cm³/mol. The van der Waals surface area contributed by atoms with Crippen molar-refractivity contribution in [1.82, 2.24) is 5.32 Å². The highest BCUT2D eigenvalue weighted by Gasteiger charge is 2.18. The number of carbonyl (C=O) groups is 2. The minimum Gasteiger partial charge on any atom is -0.347 e. The lowest BCUT2D eigenvalue weighted by molar-refractivity contribution is -0.117. The molecule has 0 aliphatic carbocycles. The maximum absolute atomic E-state index is 12.3. The van der Waals surface area contributed by atoms with Gasteiger partial charge in [-0.2, -0.15) is 0 Å². The lowest BCUT2D eigenvalue weighted by atomic mass is 10.1. The molecule has 0 aliphatic heterocycles. The molecular weight excluding hydrogens is 338 g/mol. The van der Waals surface area contributed by atoms with Gasteiger partial charge in [0.25, 0.3) is 5.91 Å². The van der Waals surface area contributed by atoms with Crippen molar-refractivity contribution in [2.75, 3.05) is 5.32 Å². The summed E-state index contributed by atoms with van der Waals surface area (Å²) in [5.74, 6) is -0.513. The van der Waals surface area contributed by atoms with Crippen molar-refractivity contribution in [3.05, 3.63) is 65.7 Å². The normalized spacial score (nSPS) is 11.8. The average Bonchev–Trinajstić information content (AvgIpc) is 2.53. The van der Waals surface area contributed by atoms with Gasteiger partial charge in [-0.25, -0.2) is 0 Å². The Balaban J connectivity index is 0.00000312. The highest BCUT2D eigenvalue weighted by atomic mass is 35.5. The molecule has 2 rings (SSSR count). The molecule has 0 saturated carbocycles. The van der Waals surface area contributed by atoms with Gasteiger partial charge in [0.2, 0.25) is 5.91 Å². The van der Waals surface area contributed by atoms with Crippen molar-refractivity contribution in [1.29, 1.82) is 0 Å². The number of nitrogens with one attached hydrogen (secondary N) is 2. The number of carbonyl (C=O) groups excluding carboxylic acids is 2. The van der Waals surface area contributed by atoms with E-state index in [0.29, 0.717) is 11.3 Å². The minimum absolute atomic E-state index is 0. The fraction of sp³-hybridized carbons (Fsp3) is 0.263. The summed E-state index contributed by atoms with van der Waals surface area (Å²) >= 11 is 0. The molecule has 5 nitrogen and oxygen atoms in total. The number of amides is 2. The number of hydrogen-bond donors (Lipinski definition) is 3. The number of halogens is 1. The molecule has 1 unspecified atom stereocenters. The number of benzene rings is 2. The number of rotatable bonds is 4. The quantitative estimate of drug-likeness (QED) is 0.781. The highest BCUT2D eigenvalue weighted by molar-refractivity contribution is 5.99. The molecule has 1 atom stereocenters. The molecule has 2 aromatic rings. The smallest absolute Gasteiger partial charge is 0.251 e. The molecule has 4 N–H and O–H groups in total. The molecule has 2 aromatic carbocycles. The third kappa shape index (κ3) is 6.21. The first-order valence-electron chi connectivity index (χ1n) is 7.80. The summed E-state index contributed by atoms with van der Waals surface area (Å²) in [6.07, 6.45) is 0. The van der Waals surface area contributed by atoms with Crippen molar-refractivity contribution in [3.8, 4) is 0 Å². The fourth-order valence-electron chi connectivity index (χ4n) is 2.18. The molecule has 0 heterocycles. The van der Waals surface area contributed by atoms with Crippen LogP contribution in [-0.4, -0.2) is 17.4 Å². The van der Waals surface area contributed by atoms with E-state index in [4.69, 9.17) is 5.73 Å². The maximum Gasteiger partial charge on any atom is 0.251 e. The van der Waals surface area contributed by atoms with Crippen molar-refractivity contribution in [2.45, 2.75) is 32.4 Å².